The molecule has 1 aromatic heterocycles. The van der Waals surface area contributed by atoms with E-state index in [0.717, 1.165) is 28.8 Å². The summed E-state index contributed by atoms with van der Waals surface area (Å²) in [5.74, 6) is -1.66. The number of aromatic nitrogens is 1. The highest BCUT2D eigenvalue weighted by molar-refractivity contribution is 6.42. The van der Waals surface area contributed by atoms with Gasteiger partial charge in [-0.1, -0.05) is 23.2 Å². The Morgan fingerprint density at radius 1 is 0.886 bits per heavy atom. The highest BCUT2D eigenvalue weighted by atomic mass is 35.5. The van der Waals surface area contributed by atoms with Crippen molar-refractivity contribution in [3.05, 3.63) is 120 Å². The van der Waals surface area contributed by atoms with Gasteiger partial charge in [0.25, 0.3) is 17.5 Å². The molecule has 0 saturated carbocycles. The van der Waals surface area contributed by atoms with Gasteiger partial charge in [0.1, 0.15) is 11.3 Å². The number of amides is 4. The molecule has 13 nitrogen and oxygen atoms in total. The van der Waals surface area contributed by atoms with Gasteiger partial charge in [-0.25, -0.2) is 9.69 Å². The molecule has 1 fully saturated rings. The van der Waals surface area contributed by atoms with Crippen LogP contribution in [-0.2, 0) is 9.59 Å². The van der Waals surface area contributed by atoms with Gasteiger partial charge >= 0.3 is 11.7 Å². The van der Waals surface area contributed by atoms with Crippen LogP contribution in [-0.4, -0.2) is 32.3 Å². The predicted molar refractivity (Wildman–Crippen MR) is 161 cm³/mol. The van der Waals surface area contributed by atoms with Gasteiger partial charge in [0.2, 0.25) is 5.75 Å². The second-order valence-corrected chi connectivity index (χ2v) is 10.3. The highest BCUT2D eigenvalue weighted by Gasteiger charge is 2.38. The molecule has 1 N–H and O–H groups in total. The number of carbonyl (C=O) groups excluding carboxylic acids is 3. The van der Waals surface area contributed by atoms with Crippen molar-refractivity contribution in [1.29, 1.82) is 0 Å². The number of barbiturate groups is 1. The molecule has 0 radical (unpaired) electrons. The van der Waals surface area contributed by atoms with E-state index >= 15 is 0 Å². The fourth-order valence-electron chi connectivity index (χ4n) is 4.66. The molecule has 0 bridgehead atoms. The van der Waals surface area contributed by atoms with E-state index in [1.54, 1.807) is 37.3 Å². The second kappa shape index (κ2) is 11.6. The van der Waals surface area contributed by atoms with Gasteiger partial charge in [-0.15, -0.1) is 0 Å². The van der Waals surface area contributed by atoms with Gasteiger partial charge in [0.15, 0.2) is 0 Å². The molecule has 0 spiro atoms. The Kier molecular flexibility index (Phi) is 7.91. The van der Waals surface area contributed by atoms with Crippen LogP contribution in [0.3, 0.4) is 0 Å². The summed E-state index contributed by atoms with van der Waals surface area (Å²) in [5, 5.41) is 24.9. The first-order valence-corrected chi connectivity index (χ1v) is 13.4. The van der Waals surface area contributed by atoms with Crippen LogP contribution < -0.4 is 15.0 Å². The largest absolute Gasteiger partial charge is 0.450 e. The van der Waals surface area contributed by atoms with Crippen molar-refractivity contribution < 1.29 is 29.0 Å². The third-order valence-corrected chi connectivity index (χ3v) is 7.23. The molecule has 0 unspecified atom stereocenters. The fourth-order valence-corrected chi connectivity index (χ4v) is 5.16. The number of benzene rings is 3. The van der Waals surface area contributed by atoms with Crippen LogP contribution in [0.15, 0.2) is 72.3 Å². The van der Waals surface area contributed by atoms with Crippen LogP contribution in [0.25, 0.3) is 11.8 Å². The van der Waals surface area contributed by atoms with Gasteiger partial charge in [-0.05, 0) is 80.1 Å². The van der Waals surface area contributed by atoms with E-state index in [1.807, 2.05) is 11.5 Å². The molecule has 4 amide bonds. The molecule has 2 heterocycles. The number of urea groups is 1. The van der Waals surface area contributed by atoms with Crippen LogP contribution in [0, 0.1) is 34.1 Å². The minimum atomic E-state index is -0.951. The summed E-state index contributed by atoms with van der Waals surface area (Å²) < 4.78 is 7.48. The molecule has 0 aliphatic carbocycles. The summed E-state index contributed by atoms with van der Waals surface area (Å²) in [6, 6.07) is 14.6. The summed E-state index contributed by atoms with van der Waals surface area (Å²) in [4.78, 5) is 60.3. The Morgan fingerprint density at radius 2 is 1.59 bits per heavy atom. The maximum Gasteiger partial charge on any atom is 0.335 e. The number of carbonyl (C=O) groups is 3. The van der Waals surface area contributed by atoms with E-state index < -0.39 is 39.1 Å². The first-order valence-electron chi connectivity index (χ1n) is 12.6. The molecular formula is C29H19Cl2N5O8. The summed E-state index contributed by atoms with van der Waals surface area (Å²) in [6.45, 7) is 3.58. The molecule has 1 aliphatic heterocycles. The molecule has 222 valence electrons. The van der Waals surface area contributed by atoms with Gasteiger partial charge in [-0.2, -0.15) is 0 Å². The SMILES string of the molecule is Cc1cc(/C=C2/C(=O)NC(=O)N(c3ccc(Cl)cc3Cl)C2=O)c(C)n1-c1ccc(Oc2ccc([N+](=O)[O-])cc2[N+](=O)[O-])cc1. The second-order valence-electron chi connectivity index (χ2n) is 9.48. The smallest absolute Gasteiger partial charge is 0.335 e. The number of ether oxygens (including phenoxy) is 1. The van der Waals surface area contributed by atoms with Gasteiger partial charge in [-0.3, -0.25) is 35.1 Å². The molecule has 3 aromatic carbocycles. The molecule has 15 heteroatoms. The van der Waals surface area contributed by atoms with E-state index in [4.69, 9.17) is 27.9 Å². The van der Waals surface area contributed by atoms with Crippen molar-refractivity contribution in [2.75, 3.05) is 4.90 Å². The Labute approximate surface area is 258 Å². The molecule has 1 aliphatic rings. The number of rotatable bonds is 7. The van der Waals surface area contributed by atoms with Crippen molar-refractivity contribution in [2.24, 2.45) is 0 Å². The standard InChI is InChI=1S/C29H19Cl2N5O8/c1-15-11-17(12-22-27(37)32-29(39)34(28(22)38)24-9-3-18(30)13-23(24)31)16(2)33(15)19-4-7-21(8-5-19)44-26-10-6-20(35(40)41)14-25(26)36(42)43/h3-14H,1-2H3,(H,32,37,39)/b22-12-. The lowest BCUT2D eigenvalue weighted by Crippen LogP contribution is -2.54. The van der Waals surface area contributed by atoms with Crippen molar-refractivity contribution in [3.8, 4) is 17.2 Å². The first-order chi connectivity index (χ1) is 20.8. The summed E-state index contributed by atoms with van der Waals surface area (Å²) in [6.07, 6.45) is 1.38. The summed E-state index contributed by atoms with van der Waals surface area (Å²) >= 11 is 12.2. The monoisotopic (exact) mass is 635 g/mol. The highest BCUT2D eigenvalue weighted by Crippen LogP contribution is 2.35. The quantitative estimate of drug-likeness (QED) is 0.102. The zero-order valence-electron chi connectivity index (χ0n) is 22.7. The van der Waals surface area contributed by atoms with Crippen molar-refractivity contribution in [3.63, 3.8) is 0 Å². The number of hydrogen-bond donors (Lipinski definition) is 1. The molecule has 0 atom stereocenters. The van der Waals surface area contributed by atoms with E-state index in [-0.39, 0.29) is 27.8 Å². The van der Waals surface area contributed by atoms with Crippen LogP contribution in [0.4, 0.5) is 21.9 Å². The van der Waals surface area contributed by atoms with E-state index in [9.17, 15) is 34.6 Å². The summed E-state index contributed by atoms with van der Waals surface area (Å²) in [5.41, 5.74) is 1.36. The van der Waals surface area contributed by atoms with Gasteiger partial charge in [0, 0.05) is 28.2 Å². The maximum absolute atomic E-state index is 13.4. The van der Waals surface area contributed by atoms with Gasteiger partial charge < -0.3 is 9.30 Å². The third-order valence-electron chi connectivity index (χ3n) is 6.70. The fraction of sp³-hybridized carbons (Fsp3) is 0.0690. The number of hydrogen-bond acceptors (Lipinski definition) is 8. The number of nitro benzene ring substituents is 2. The molecule has 4 aromatic rings. The van der Waals surface area contributed by atoms with E-state index in [1.165, 1.54) is 24.3 Å². The Hall–Kier alpha value is -5.53. The molecule has 44 heavy (non-hydrogen) atoms. The zero-order chi connectivity index (χ0) is 31.9. The Balaban J connectivity index is 1.44. The number of nitrogens with zero attached hydrogens (tertiary/aromatic N) is 4. The number of nitro groups is 2. The number of anilines is 1. The summed E-state index contributed by atoms with van der Waals surface area (Å²) in [7, 11) is 0. The molecule has 1 saturated heterocycles. The maximum atomic E-state index is 13.4. The minimum absolute atomic E-state index is 0.0449. The van der Waals surface area contributed by atoms with Crippen LogP contribution in [0.2, 0.25) is 10.0 Å². The average molecular weight is 636 g/mol. The van der Waals surface area contributed by atoms with Crippen LogP contribution in [0.5, 0.6) is 11.5 Å². The minimum Gasteiger partial charge on any atom is -0.450 e. The van der Waals surface area contributed by atoms with Crippen LogP contribution in [0.1, 0.15) is 17.0 Å². The third kappa shape index (κ3) is 5.61. The average Bonchev–Trinajstić information content (AvgIpc) is 3.24. The lowest BCUT2D eigenvalue weighted by Gasteiger charge is -2.27. The lowest BCUT2D eigenvalue weighted by atomic mass is 10.1. The van der Waals surface area contributed by atoms with Gasteiger partial charge in [0.05, 0.1) is 26.6 Å². The van der Waals surface area contributed by atoms with E-state index in [2.05, 4.69) is 5.32 Å². The van der Waals surface area contributed by atoms with Crippen molar-refractivity contribution in [1.82, 2.24) is 9.88 Å². The van der Waals surface area contributed by atoms with Crippen LogP contribution >= 0.6 is 23.2 Å². The molecular weight excluding hydrogens is 617 g/mol. The van der Waals surface area contributed by atoms with E-state index in [0.29, 0.717) is 22.0 Å². The zero-order valence-corrected chi connectivity index (χ0v) is 24.3. The number of imide groups is 2. The Bertz CT molecular complexity index is 1930. The number of halogens is 2. The normalized spacial score (nSPS) is 14.1. The number of nitrogens with one attached hydrogen (secondary N) is 1. The predicted octanol–water partition coefficient (Wildman–Crippen LogP) is 6.68. The Morgan fingerprint density at radius 3 is 2.23 bits per heavy atom. The van der Waals surface area contributed by atoms with Crippen molar-refractivity contribution >= 4 is 64.2 Å². The van der Waals surface area contributed by atoms with Crippen molar-refractivity contribution in [2.45, 2.75) is 13.8 Å². The topological polar surface area (TPSA) is 167 Å². The first kappa shape index (κ1) is 29.9. The number of non-ortho nitro benzene ring substituents is 1. The number of aryl methyl sites for hydroxylation is 1. The molecule has 5 rings (SSSR count). The lowest BCUT2D eigenvalue weighted by molar-refractivity contribution is -0.394.